The summed E-state index contributed by atoms with van der Waals surface area (Å²) in [7, 11) is 1.70. The molecule has 1 aliphatic rings. The van der Waals surface area contributed by atoms with Crippen LogP contribution in [0, 0.1) is 12.3 Å². The number of methoxy groups -OCH3 is 1. The summed E-state index contributed by atoms with van der Waals surface area (Å²) in [6, 6.07) is 9.24. The van der Waals surface area contributed by atoms with Crippen molar-refractivity contribution in [1.82, 2.24) is 10.2 Å². The number of terminal acetylenes is 1. The molecule has 0 amide bonds. The number of hydrogen-bond acceptors (Lipinski definition) is 3. The molecule has 0 spiro atoms. The molecule has 3 nitrogen and oxygen atoms in total. The summed E-state index contributed by atoms with van der Waals surface area (Å²) in [5.74, 6) is 3.63. The Kier molecular flexibility index (Phi) is 5.46. The van der Waals surface area contributed by atoms with Crippen molar-refractivity contribution in [2.24, 2.45) is 0 Å². The molecule has 1 fully saturated rings. The van der Waals surface area contributed by atoms with Gasteiger partial charge in [-0.3, -0.25) is 4.90 Å². The van der Waals surface area contributed by atoms with Crippen molar-refractivity contribution in [2.75, 3.05) is 26.7 Å². The van der Waals surface area contributed by atoms with Gasteiger partial charge in [-0.1, -0.05) is 18.1 Å². The zero-order chi connectivity index (χ0) is 14.4. The fourth-order valence-electron chi connectivity index (χ4n) is 2.73. The van der Waals surface area contributed by atoms with Crippen molar-refractivity contribution in [3.8, 4) is 18.1 Å². The summed E-state index contributed by atoms with van der Waals surface area (Å²) < 4.78 is 5.19. The first kappa shape index (κ1) is 14.9. The van der Waals surface area contributed by atoms with Crippen molar-refractivity contribution >= 4 is 0 Å². The highest BCUT2D eigenvalue weighted by atomic mass is 16.5. The molecule has 108 valence electrons. The highest BCUT2D eigenvalue weighted by molar-refractivity contribution is 5.28. The Labute approximate surface area is 122 Å². The molecule has 0 bridgehead atoms. The molecule has 1 atom stereocenters. The van der Waals surface area contributed by atoms with Crippen LogP contribution in [0.2, 0.25) is 0 Å². The van der Waals surface area contributed by atoms with Crippen LogP contribution >= 0.6 is 0 Å². The molecular formula is C17H24N2O. The Balaban J connectivity index is 1.82. The largest absolute Gasteiger partial charge is 0.497 e. The van der Waals surface area contributed by atoms with Gasteiger partial charge in [-0.05, 0) is 37.5 Å². The average Bonchev–Trinajstić information content (AvgIpc) is 2.49. The van der Waals surface area contributed by atoms with Crippen LogP contribution in [0.15, 0.2) is 24.3 Å². The molecular weight excluding hydrogens is 248 g/mol. The van der Waals surface area contributed by atoms with Crippen molar-refractivity contribution in [3.63, 3.8) is 0 Å². The Morgan fingerprint density at radius 3 is 2.55 bits per heavy atom. The minimum atomic E-state index is 0.366. The number of likely N-dealkylation sites (tertiary alicyclic amines) is 1. The van der Waals surface area contributed by atoms with Gasteiger partial charge in [0.1, 0.15) is 5.75 Å². The third-order valence-electron chi connectivity index (χ3n) is 4.00. The van der Waals surface area contributed by atoms with Crippen LogP contribution in [-0.2, 0) is 0 Å². The minimum absolute atomic E-state index is 0.366. The summed E-state index contributed by atoms with van der Waals surface area (Å²) in [6.07, 6.45) is 7.69. The van der Waals surface area contributed by atoms with E-state index in [1.165, 1.54) is 18.4 Å². The van der Waals surface area contributed by atoms with Crippen LogP contribution in [0.4, 0.5) is 0 Å². The Morgan fingerprint density at radius 2 is 2.00 bits per heavy atom. The molecule has 1 aliphatic heterocycles. The summed E-state index contributed by atoms with van der Waals surface area (Å²) in [6.45, 7) is 5.19. The molecule has 0 unspecified atom stereocenters. The first-order valence-electron chi connectivity index (χ1n) is 7.28. The van der Waals surface area contributed by atoms with Gasteiger partial charge >= 0.3 is 0 Å². The van der Waals surface area contributed by atoms with E-state index in [9.17, 15) is 0 Å². The molecule has 0 aromatic heterocycles. The minimum Gasteiger partial charge on any atom is -0.497 e. The monoisotopic (exact) mass is 272 g/mol. The smallest absolute Gasteiger partial charge is 0.118 e. The number of piperidine rings is 1. The van der Waals surface area contributed by atoms with Crippen LogP contribution in [-0.4, -0.2) is 37.7 Å². The standard InChI is InChI=1S/C17H24N2O/c1-4-11-19-12-9-16(10-13-19)18-14(2)15-5-7-17(20-3)8-6-15/h1,5-8,14,16,18H,9-13H2,2-3H3/t14-/m0/s1. The van der Waals surface area contributed by atoms with E-state index in [4.69, 9.17) is 11.2 Å². The van der Waals surface area contributed by atoms with Crippen molar-refractivity contribution in [1.29, 1.82) is 0 Å². The number of nitrogens with one attached hydrogen (secondary N) is 1. The van der Waals surface area contributed by atoms with Crippen LogP contribution in [0.5, 0.6) is 5.75 Å². The summed E-state index contributed by atoms with van der Waals surface area (Å²) in [5, 5.41) is 3.72. The maximum absolute atomic E-state index is 5.36. The van der Waals surface area contributed by atoms with Crippen LogP contribution in [0.25, 0.3) is 0 Å². The summed E-state index contributed by atoms with van der Waals surface area (Å²) in [5.41, 5.74) is 1.30. The van der Waals surface area contributed by atoms with E-state index in [0.717, 1.165) is 25.4 Å². The maximum Gasteiger partial charge on any atom is 0.118 e. The van der Waals surface area contributed by atoms with E-state index in [1.54, 1.807) is 7.11 Å². The molecule has 1 aromatic carbocycles. The van der Waals surface area contributed by atoms with Crippen molar-refractivity contribution in [3.05, 3.63) is 29.8 Å². The lowest BCUT2D eigenvalue weighted by atomic mass is 10.0. The molecule has 20 heavy (non-hydrogen) atoms. The van der Waals surface area contributed by atoms with Crippen LogP contribution < -0.4 is 10.1 Å². The molecule has 1 aromatic rings. The van der Waals surface area contributed by atoms with Crippen LogP contribution in [0.1, 0.15) is 31.4 Å². The molecule has 3 heteroatoms. The van der Waals surface area contributed by atoms with Gasteiger partial charge in [0, 0.05) is 25.2 Å². The highest BCUT2D eigenvalue weighted by Crippen LogP contribution is 2.20. The second-order valence-corrected chi connectivity index (χ2v) is 5.42. The van der Waals surface area contributed by atoms with Crippen LogP contribution in [0.3, 0.4) is 0 Å². The van der Waals surface area contributed by atoms with E-state index in [2.05, 4.69) is 35.2 Å². The average molecular weight is 272 g/mol. The number of rotatable bonds is 5. The van der Waals surface area contributed by atoms with Crippen molar-refractivity contribution in [2.45, 2.75) is 31.8 Å². The Hall–Kier alpha value is -1.50. The fraction of sp³-hybridized carbons (Fsp3) is 0.529. The topological polar surface area (TPSA) is 24.5 Å². The van der Waals surface area contributed by atoms with Gasteiger partial charge in [-0.25, -0.2) is 0 Å². The van der Waals surface area contributed by atoms with Gasteiger partial charge in [-0.15, -0.1) is 6.42 Å². The van der Waals surface area contributed by atoms with E-state index in [0.29, 0.717) is 12.1 Å². The first-order chi connectivity index (χ1) is 9.72. The first-order valence-corrected chi connectivity index (χ1v) is 7.28. The van der Waals surface area contributed by atoms with Crippen molar-refractivity contribution < 1.29 is 4.74 Å². The molecule has 1 N–H and O–H groups in total. The zero-order valence-electron chi connectivity index (χ0n) is 12.4. The zero-order valence-corrected chi connectivity index (χ0v) is 12.4. The van der Waals surface area contributed by atoms with Gasteiger partial charge in [0.05, 0.1) is 13.7 Å². The third-order valence-corrected chi connectivity index (χ3v) is 4.00. The normalized spacial score (nSPS) is 18.4. The van der Waals surface area contributed by atoms with E-state index in [1.807, 2.05) is 12.1 Å². The SMILES string of the molecule is C#CCN1CCC(N[C@@H](C)c2ccc(OC)cc2)CC1. The summed E-state index contributed by atoms with van der Waals surface area (Å²) >= 11 is 0. The quantitative estimate of drug-likeness (QED) is 0.833. The fourth-order valence-corrected chi connectivity index (χ4v) is 2.73. The number of benzene rings is 1. The Morgan fingerprint density at radius 1 is 1.35 bits per heavy atom. The van der Waals surface area contributed by atoms with E-state index in [-0.39, 0.29) is 0 Å². The predicted molar refractivity (Wildman–Crippen MR) is 82.8 cm³/mol. The maximum atomic E-state index is 5.36. The predicted octanol–water partition coefficient (Wildman–Crippen LogP) is 2.44. The molecule has 1 heterocycles. The van der Waals surface area contributed by atoms with Gasteiger partial charge in [0.15, 0.2) is 0 Å². The molecule has 1 saturated heterocycles. The lowest BCUT2D eigenvalue weighted by Crippen LogP contribution is -2.43. The lowest BCUT2D eigenvalue weighted by molar-refractivity contribution is 0.211. The number of ether oxygens (including phenoxy) is 1. The lowest BCUT2D eigenvalue weighted by Gasteiger charge is -2.33. The summed E-state index contributed by atoms with van der Waals surface area (Å²) in [4.78, 5) is 2.34. The van der Waals surface area contributed by atoms with Gasteiger partial charge in [-0.2, -0.15) is 0 Å². The second kappa shape index (κ2) is 7.33. The van der Waals surface area contributed by atoms with Gasteiger partial charge < -0.3 is 10.1 Å². The molecule has 0 saturated carbocycles. The van der Waals surface area contributed by atoms with E-state index >= 15 is 0 Å². The molecule has 0 radical (unpaired) electrons. The number of nitrogens with zero attached hydrogens (tertiary/aromatic N) is 1. The second-order valence-electron chi connectivity index (χ2n) is 5.42. The van der Waals surface area contributed by atoms with E-state index < -0.39 is 0 Å². The third kappa shape index (κ3) is 4.00. The Bertz CT molecular complexity index is 441. The highest BCUT2D eigenvalue weighted by Gasteiger charge is 2.20. The number of hydrogen-bond donors (Lipinski definition) is 1. The van der Waals surface area contributed by atoms with Gasteiger partial charge in [0.25, 0.3) is 0 Å². The molecule has 0 aliphatic carbocycles. The molecule has 2 rings (SSSR count). The van der Waals surface area contributed by atoms with Gasteiger partial charge in [0.2, 0.25) is 0 Å².